The first-order valence-corrected chi connectivity index (χ1v) is 12.5. The summed E-state index contributed by atoms with van der Waals surface area (Å²) in [6.45, 7) is 6.66. The second-order valence-corrected chi connectivity index (χ2v) is 8.75. The van der Waals surface area contributed by atoms with Gasteiger partial charge in [-0.1, -0.05) is 91.4 Å². The highest BCUT2D eigenvalue weighted by Crippen LogP contribution is 2.19. The molecule has 0 aromatic rings. The second kappa shape index (κ2) is 17.2. The van der Waals surface area contributed by atoms with Crippen LogP contribution in [0.25, 0.3) is 0 Å². The van der Waals surface area contributed by atoms with Gasteiger partial charge in [-0.05, 0) is 25.2 Å². The Morgan fingerprint density at radius 3 is 1.89 bits per heavy atom. The highest BCUT2D eigenvalue weighted by atomic mass is 32.3. The van der Waals surface area contributed by atoms with Crippen molar-refractivity contribution < 1.29 is 26.7 Å². The van der Waals surface area contributed by atoms with E-state index in [0.29, 0.717) is 6.42 Å². The summed E-state index contributed by atoms with van der Waals surface area (Å²) in [7, 11) is -4.69. The summed E-state index contributed by atoms with van der Waals surface area (Å²) in [4.78, 5) is 12.3. The van der Waals surface area contributed by atoms with E-state index in [2.05, 4.69) is 25.0 Å². The van der Waals surface area contributed by atoms with Gasteiger partial charge in [-0.3, -0.25) is 4.55 Å². The van der Waals surface area contributed by atoms with Crippen LogP contribution >= 0.6 is 0 Å². The zero-order valence-corrected chi connectivity index (χ0v) is 19.0. The Hall–Kier alpha value is -0.660. The molecule has 0 radical (unpaired) electrons. The third kappa shape index (κ3) is 16.3. The molecule has 0 aliphatic carbocycles. The zero-order chi connectivity index (χ0) is 21.3. The Kier molecular flexibility index (Phi) is 16.8. The van der Waals surface area contributed by atoms with Gasteiger partial charge in [0.05, 0.1) is 6.61 Å². The number of esters is 1. The molecule has 28 heavy (non-hydrogen) atoms. The maximum absolute atomic E-state index is 12.3. The van der Waals surface area contributed by atoms with E-state index < -0.39 is 22.5 Å². The molecule has 0 aromatic heterocycles. The van der Waals surface area contributed by atoms with Crippen LogP contribution in [-0.4, -0.2) is 31.7 Å². The minimum absolute atomic E-state index is 0.231. The molecular weight excluding hydrogens is 380 g/mol. The van der Waals surface area contributed by atoms with Crippen LogP contribution in [0.2, 0.25) is 0 Å². The SMILES string of the molecule is CCCCCCCCC(CCC)COC(=O)C(CCCCCC)OS(=O)(=O)O. The summed E-state index contributed by atoms with van der Waals surface area (Å²) >= 11 is 0. The first-order chi connectivity index (χ1) is 13.3. The lowest BCUT2D eigenvalue weighted by Crippen LogP contribution is -2.30. The molecule has 7 heteroatoms. The monoisotopic (exact) mass is 422 g/mol. The summed E-state index contributed by atoms with van der Waals surface area (Å²) in [5.74, 6) is -0.412. The van der Waals surface area contributed by atoms with Crippen LogP contribution in [-0.2, 0) is 24.1 Å². The lowest BCUT2D eigenvalue weighted by atomic mass is 9.96. The van der Waals surface area contributed by atoms with Crippen LogP contribution in [0.3, 0.4) is 0 Å². The van der Waals surface area contributed by atoms with Crippen molar-refractivity contribution in [1.29, 1.82) is 0 Å². The van der Waals surface area contributed by atoms with Crippen LogP contribution in [0, 0.1) is 5.92 Å². The highest BCUT2D eigenvalue weighted by Gasteiger charge is 2.27. The van der Waals surface area contributed by atoms with Gasteiger partial charge in [0, 0.05) is 0 Å². The molecule has 1 N–H and O–H groups in total. The van der Waals surface area contributed by atoms with E-state index >= 15 is 0 Å². The van der Waals surface area contributed by atoms with E-state index in [0.717, 1.165) is 44.9 Å². The largest absolute Gasteiger partial charge is 0.463 e. The summed E-state index contributed by atoms with van der Waals surface area (Å²) in [5.41, 5.74) is 0. The Morgan fingerprint density at radius 2 is 1.32 bits per heavy atom. The molecule has 168 valence electrons. The minimum atomic E-state index is -4.69. The van der Waals surface area contributed by atoms with Gasteiger partial charge in [0.1, 0.15) is 0 Å². The highest BCUT2D eigenvalue weighted by molar-refractivity contribution is 7.80. The molecule has 2 unspecified atom stereocenters. The fourth-order valence-corrected chi connectivity index (χ4v) is 3.80. The molecule has 0 aliphatic rings. The molecular formula is C21H42O6S. The Bertz CT molecular complexity index is 477. The van der Waals surface area contributed by atoms with Gasteiger partial charge in [-0.2, -0.15) is 8.42 Å². The summed E-state index contributed by atoms with van der Waals surface area (Å²) in [6.07, 6.45) is 12.9. The molecule has 0 rings (SSSR count). The number of ether oxygens (including phenoxy) is 1. The molecule has 0 aromatic carbocycles. The van der Waals surface area contributed by atoms with Gasteiger partial charge in [0.2, 0.25) is 0 Å². The van der Waals surface area contributed by atoms with Crippen LogP contribution in [0.5, 0.6) is 0 Å². The molecule has 6 nitrogen and oxygen atoms in total. The standard InChI is InChI=1S/C21H42O6S/c1-4-7-9-11-12-13-16-19(15-6-3)18-26-21(22)20(27-28(23,24)25)17-14-10-8-5-2/h19-20H,4-18H2,1-3H3,(H,23,24,25). The predicted octanol–water partition coefficient (Wildman–Crippen LogP) is 5.85. The van der Waals surface area contributed by atoms with Crippen molar-refractivity contribution in [2.45, 2.75) is 117 Å². The van der Waals surface area contributed by atoms with Gasteiger partial charge >= 0.3 is 16.4 Å². The quantitative estimate of drug-likeness (QED) is 0.159. The van der Waals surface area contributed by atoms with Crippen molar-refractivity contribution in [1.82, 2.24) is 0 Å². The normalized spacial score (nSPS) is 14.0. The molecule has 0 aliphatic heterocycles. The van der Waals surface area contributed by atoms with E-state index in [4.69, 9.17) is 9.29 Å². The molecule has 2 atom stereocenters. The molecule has 0 saturated heterocycles. The summed E-state index contributed by atoms with van der Waals surface area (Å²) < 4.78 is 41.0. The lowest BCUT2D eigenvalue weighted by Gasteiger charge is -2.19. The van der Waals surface area contributed by atoms with Gasteiger partial charge in [0.15, 0.2) is 6.10 Å². The smallest absolute Gasteiger partial charge is 0.398 e. The first kappa shape index (κ1) is 27.3. The molecule has 0 spiro atoms. The Balaban J connectivity index is 4.43. The topological polar surface area (TPSA) is 89.9 Å². The van der Waals surface area contributed by atoms with Gasteiger partial charge in [-0.15, -0.1) is 0 Å². The molecule has 0 fully saturated rings. The number of rotatable bonds is 19. The van der Waals surface area contributed by atoms with Gasteiger partial charge < -0.3 is 4.74 Å². The molecule has 0 bridgehead atoms. The number of hydrogen-bond acceptors (Lipinski definition) is 5. The first-order valence-electron chi connectivity index (χ1n) is 11.2. The van der Waals surface area contributed by atoms with E-state index in [1.165, 1.54) is 32.1 Å². The fraction of sp³-hybridized carbons (Fsp3) is 0.952. The van der Waals surface area contributed by atoms with Crippen LogP contribution < -0.4 is 0 Å². The second-order valence-electron chi connectivity index (χ2n) is 7.70. The van der Waals surface area contributed by atoms with Crippen molar-refractivity contribution >= 4 is 16.4 Å². The van der Waals surface area contributed by atoms with Crippen LogP contribution in [0.15, 0.2) is 0 Å². The lowest BCUT2D eigenvalue weighted by molar-refractivity contribution is -0.154. The maximum atomic E-state index is 12.3. The zero-order valence-electron chi connectivity index (χ0n) is 18.2. The average molecular weight is 423 g/mol. The number of unbranched alkanes of at least 4 members (excludes halogenated alkanes) is 8. The van der Waals surface area contributed by atoms with Gasteiger partial charge in [-0.25, -0.2) is 8.98 Å². The third-order valence-electron chi connectivity index (χ3n) is 4.94. The number of carbonyl (C=O) groups excluding carboxylic acids is 1. The fourth-order valence-electron chi connectivity index (χ4n) is 3.33. The van der Waals surface area contributed by atoms with Crippen LogP contribution in [0.1, 0.15) is 111 Å². The average Bonchev–Trinajstić information content (AvgIpc) is 2.63. The molecule has 0 amide bonds. The van der Waals surface area contributed by atoms with E-state index in [1.54, 1.807) is 0 Å². The third-order valence-corrected chi connectivity index (χ3v) is 5.42. The van der Waals surface area contributed by atoms with E-state index in [-0.39, 0.29) is 18.9 Å². The summed E-state index contributed by atoms with van der Waals surface area (Å²) in [5, 5.41) is 0. The number of hydrogen-bond donors (Lipinski definition) is 1. The molecule has 0 saturated carbocycles. The van der Waals surface area contributed by atoms with E-state index in [1.807, 2.05) is 0 Å². The molecule has 0 heterocycles. The minimum Gasteiger partial charge on any atom is -0.463 e. The Labute approximate surface area is 172 Å². The van der Waals surface area contributed by atoms with Crippen molar-refractivity contribution in [3.63, 3.8) is 0 Å². The van der Waals surface area contributed by atoms with Crippen molar-refractivity contribution in [3.05, 3.63) is 0 Å². The van der Waals surface area contributed by atoms with Crippen molar-refractivity contribution in [3.8, 4) is 0 Å². The van der Waals surface area contributed by atoms with Crippen molar-refractivity contribution in [2.24, 2.45) is 5.92 Å². The van der Waals surface area contributed by atoms with Gasteiger partial charge in [0.25, 0.3) is 0 Å². The predicted molar refractivity (Wildman–Crippen MR) is 113 cm³/mol. The summed E-state index contributed by atoms with van der Waals surface area (Å²) in [6, 6.07) is 0. The Morgan fingerprint density at radius 1 is 0.786 bits per heavy atom. The van der Waals surface area contributed by atoms with Crippen LogP contribution in [0.4, 0.5) is 0 Å². The maximum Gasteiger partial charge on any atom is 0.398 e. The van der Waals surface area contributed by atoms with Crippen molar-refractivity contribution in [2.75, 3.05) is 6.61 Å². The van der Waals surface area contributed by atoms with E-state index in [9.17, 15) is 13.2 Å². The number of carbonyl (C=O) groups is 1.